The number of ether oxygens (including phenoxy) is 1. The molecule has 1 rings (SSSR count). The molecule has 0 radical (unpaired) electrons. The molecule has 0 amide bonds. The van der Waals surface area contributed by atoms with Crippen molar-refractivity contribution < 1.29 is 4.74 Å². The summed E-state index contributed by atoms with van der Waals surface area (Å²) in [7, 11) is 0. The third-order valence-corrected chi connectivity index (χ3v) is 1.53. The van der Waals surface area contributed by atoms with E-state index >= 15 is 0 Å². The highest BCUT2D eigenvalue weighted by Gasteiger charge is 2.01. The molecule has 0 spiro atoms. The Balaban J connectivity index is 2.82. The first-order valence-electron chi connectivity index (χ1n) is 3.75. The van der Waals surface area contributed by atoms with Gasteiger partial charge in [0, 0.05) is 17.3 Å². The van der Waals surface area contributed by atoms with Gasteiger partial charge in [-0.05, 0) is 19.1 Å². The second kappa shape index (κ2) is 4.78. The summed E-state index contributed by atoms with van der Waals surface area (Å²) in [5.74, 6) is 0.472. The van der Waals surface area contributed by atoms with E-state index in [-0.39, 0.29) is 0 Å². The largest absolute Gasteiger partial charge is 0.477 e. The first-order chi connectivity index (χ1) is 5.88. The molecule has 1 aromatic carbocycles. The van der Waals surface area contributed by atoms with Crippen LogP contribution in [0.3, 0.4) is 0 Å². The molecule has 0 aliphatic rings. The van der Waals surface area contributed by atoms with Gasteiger partial charge in [0.05, 0.1) is 6.61 Å². The lowest BCUT2D eigenvalue weighted by Gasteiger charge is -2.03. The molecule has 0 heterocycles. The van der Waals surface area contributed by atoms with Crippen molar-refractivity contribution in [3.8, 4) is 0 Å². The van der Waals surface area contributed by atoms with Crippen LogP contribution in [-0.4, -0.2) is 12.5 Å². The van der Waals surface area contributed by atoms with E-state index in [0.29, 0.717) is 12.5 Å². The van der Waals surface area contributed by atoms with Crippen LogP contribution in [0.4, 0.5) is 0 Å². The summed E-state index contributed by atoms with van der Waals surface area (Å²) in [5, 5.41) is 0. The van der Waals surface area contributed by atoms with Crippen molar-refractivity contribution in [3.05, 3.63) is 35.9 Å². The molecule has 0 N–H and O–H groups in total. The molecule has 0 bridgehead atoms. The van der Waals surface area contributed by atoms with Crippen LogP contribution in [0.15, 0.2) is 34.8 Å². The highest BCUT2D eigenvalue weighted by molar-refractivity contribution is 6.21. The highest BCUT2D eigenvalue weighted by Crippen LogP contribution is 2.03. The zero-order chi connectivity index (χ0) is 8.81. The van der Waals surface area contributed by atoms with Crippen molar-refractivity contribution in [1.82, 2.24) is 0 Å². The summed E-state index contributed by atoms with van der Waals surface area (Å²) >= 11 is 5.34. The highest BCUT2D eigenvalue weighted by atomic mass is 35.5. The van der Waals surface area contributed by atoms with Gasteiger partial charge in [0.25, 0.3) is 0 Å². The van der Waals surface area contributed by atoms with Gasteiger partial charge in [-0.25, -0.2) is 0 Å². The van der Waals surface area contributed by atoms with Crippen molar-refractivity contribution in [2.45, 2.75) is 6.92 Å². The molecule has 64 valence electrons. The predicted octanol–water partition coefficient (Wildman–Crippen LogP) is 2.62. The van der Waals surface area contributed by atoms with Crippen molar-refractivity contribution in [2.24, 2.45) is 4.51 Å². The molecule has 3 heteroatoms. The number of hydrogen-bond donors (Lipinski definition) is 0. The van der Waals surface area contributed by atoms with Crippen LogP contribution in [-0.2, 0) is 4.74 Å². The summed E-state index contributed by atoms with van der Waals surface area (Å²) in [6.45, 7) is 2.46. The van der Waals surface area contributed by atoms with Gasteiger partial charge >= 0.3 is 0 Å². The minimum absolute atomic E-state index is 0.472. The number of rotatable bonds is 2. The molecule has 2 nitrogen and oxygen atoms in total. The van der Waals surface area contributed by atoms with Crippen LogP contribution in [0.5, 0.6) is 0 Å². The molecule has 0 saturated carbocycles. The number of nitrogens with zero attached hydrogens (tertiary/aromatic N) is 1. The first-order valence-corrected chi connectivity index (χ1v) is 4.09. The van der Waals surface area contributed by atoms with E-state index in [9.17, 15) is 0 Å². The molecule has 12 heavy (non-hydrogen) atoms. The quantitative estimate of drug-likeness (QED) is 0.510. The molecule has 0 aliphatic carbocycles. The van der Waals surface area contributed by atoms with Crippen LogP contribution in [0.25, 0.3) is 0 Å². The van der Waals surface area contributed by atoms with E-state index in [4.69, 9.17) is 16.5 Å². The van der Waals surface area contributed by atoms with E-state index < -0.39 is 0 Å². The van der Waals surface area contributed by atoms with Crippen LogP contribution in [0.1, 0.15) is 12.5 Å². The summed E-state index contributed by atoms with van der Waals surface area (Å²) in [5.41, 5.74) is 0.898. The monoisotopic (exact) mass is 183 g/mol. The summed E-state index contributed by atoms with van der Waals surface area (Å²) in [6.07, 6.45) is 0. The second-order valence-corrected chi connectivity index (χ2v) is 2.36. The molecule has 0 atom stereocenters. The Kier molecular flexibility index (Phi) is 3.61. The van der Waals surface area contributed by atoms with E-state index in [0.717, 1.165) is 5.56 Å². The fourth-order valence-electron chi connectivity index (χ4n) is 0.874. The predicted molar refractivity (Wildman–Crippen MR) is 50.5 cm³/mol. The van der Waals surface area contributed by atoms with Gasteiger partial charge < -0.3 is 4.74 Å². The van der Waals surface area contributed by atoms with E-state index in [1.807, 2.05) is 37.3 Å². The minimum atomic E-state index is 0.472. The van der Waals surface area contributed by atoms with Crippen LogP contribution in [0.2, 0.25) is 0 Å². The molecular formula is C9H10ClNO. The standard InChI is InChI=1S/C9H10ClNO/c1-2-12-9(11-10)8-6-4-3-5-7-8/h3-7H,2H2,1H3. The average molecular weight is 184 g/mol. The molecule has 0 saturated heterocycles. The second-order valence-electron chi connectivity index (χ2n) is 2.19. The van der Waals surface area contributed by atoms with Gasteiger partial charge in [0.2, 0.25) is 5.90 Å². The Hall–Kier alpha value is -1.02. The lowest BCUT2D eigenvalue weighted by Crippen LogP contribution is -2.04. The van der Waals surface area contributed by atoms with E-state index in [2.05, 4.69) is 4.51 Å². The number of benzene rings is 1. The van der Waals surface area contributed by atoms with Gasteiger partial charge in [-0.1, -0.05) is 18.2 Å². The fraction of sp³-hybridized carbons (Fsp3) is 0.222. The van der Waals surface area contributed by atoms with E-state index in [1.165, 1.54) is 0 Å². The summed E-state index contributed by atoms with van der Waals surface area (Å²) in [6, 6.07) is 9.56. The molecule has 0 aliphatic heterocycles. The van der Waals surface area contributed by atoms with E-state index in [1.54, 1.807) is 0 Å². The Morgan fingerprint density at radius 3 is 2.58 bits per heavy atom. The Morgan fingerprint density at radius 1 is 1.42 bits per heavy atom. The van der Waals surface area contributed by atoms with Crippen molar-refractivity contribution >= 4 is 17.7 Å². The van der Waals surface area contributed by atoms with Crippen molar-refractivity contribution in [1.29, 1.82) is 0 Å². The normalized spacial score (nSPS) is 11.3. The Bertz CT molecular complexity index is 258. The SMILES string of the molecule is CCOC(=NCl)c1ccccc1. The lowest BCUT2D eigenvalue weighted by atomic mass is 10.2. The average Bonchev–Trinajstić information content (AvgIpc) is 2.15. The maximum absolute atomic E-state index is 5.34. The van der Waals surface area contributed by atoms with Crippen molar-refractivity contribution in [3.63, 3.8) is 0 Å². The van der Waals surface area contributed by atoms with Crippen LogP contribution < -0.4 is 0 Å². The zero-order valence-corrected chi connectivity index (χ0v) is 7.58. The van der Waals surface area contributed by atoms with Gasteiger partial charge in [-0.15, -0.1) is 4.51 Å². The Labute approximate surface area is 77.0 Å². The number of halogens is 1. The summed E-state index contributed by atoms with van der Waals surface area (Å²) < 4.78 is 8.71. The van der Waals surface area contributed by atoms with Crippen molar-refractivity contribution in [2.75, 3.05) is 6.61 Å². The lowest BCUT2D eigenvalue weighted by molar-refractivity contribution is 0.329. The summed E-state index contributed by atoms with van der Waals surface area (Å²) in [4.78, 5) is 0. The minimum Gasteiger partial charge on any atom is -0.477 e. The molecular weight excluding hydrogens is 174 g/mol. The Morgan fingerprint density at radius 2 is 2.08 bits per heavy atom. The van der Waals surface area contributed by atoms with Crippen LogP contribution >= 0.6 is 11.8 Å². The van der Waals surface area contributed by atoms with Gasteiger partial charge in [-0.2, -0.15) is 0 Å². The smallest absolute Gasteiger partial charge is 0.233 e. The third kappa shape index (κ3) is 2.24. The molecule has 1 aromatic rings. The molecule has 0 aromatic heterocycles. The van der Waals surface area contributed by atoms with Gasteiger partial charge in [0.15, 0.2) is 0 Å². The fourth-order valence-corrected chi connectivity index (χ4v) is 1.02. The third-order valence-electron chi connectivity index (χ3n) is 1.38. The molecule has 0 unspecified atom stereocenters. The van der Waals surface area contributed by atoms with Gasteiger partial charge in [-0.3, -0.25) is 0 Å². The number of hydrogen-bond acceptors (Lipinski definition) is 2. The molecule has 0 fully saturated rings. The maximum atomic E-state index is 5.34. The maximum Gasteiger partial charge on any atom is 0.233 e. The zero-order valence-electron chi connectivity index (χ0n) is 6.83. The van der Waals surface area contributed by atoms with Gasteiger partial charge in [0.1, 0.15) is 0 Å². The first kappa shape index (κ1) is 9.07. The topological polar surface area (TPSA) is 21.6 Å². The van der Waals surface area contributed by atoms with Crippen LogP contribution in [0, 0.1) is 0 Å².